The number of fused-ring (bicyclic) bond motifs is 2. The molecule has 0 heterocycles. The molecule has 2 aliphatic carbocycles. The number of carbonyl (C=O) groups excluding carboxylic acids is 1. The van der Waals surface area contributed by atoms with Crippen LogP contribution in [0.1, 0.15) is 39.0 Å². The molecule has 0 radical (unpaired) electrons. The van der Waals surface area contributed by atoms with Gasteiger partial charge in [0.1, 0.15) is 0 Å². The van der Waals surface area contributed by atoms with Crippen LogP contribution in [0.5, 0.6) is 0 Å². The normalized spacial score (nSPS) is 30.0. The highest BCUT2D eigenvalue weighted by molar-refractivity contribution is 5.74. The molecule has 0 aromatic heterocycles. The first-order valence-corrected chi connectivity index (χ1v) is 7.70. The van der Waals surface area contributed by atoms with Gasteiger partial charge in [0.15, 0.2) is 0 Å². The largest absolute Gasteiger partial charge is 0.481 e. The van der Waals surface area contributed by atoms with Crippen LogP contribution in [0.25, 0.3) is 0 Å². The van der Waals surface area contributed by atoms with E-state index < -0.39 is 11.6 Å². The Hall–Kier alpha value is -1.30. The summed E-state index contributed by atoms with van der Waals surface area (Å²) in [6.07, 6.45) is 4.78. The van der Waals surface area contributed by atoms with Crippen molar-refractivity contribution >= 4 is 12.0 Å². The van der Waals surface area contributed by atoms with Crippen molar-refractivity contribution < 1.29 is 19.8 Å². The first kappa shape index (κ1) is 16.1. The van der Waals surface area contributed by atoms with E-state index in [4.69, 9.17) is 5.11 Å². The van der Waals surface area contributed by atoms with Crippen molar-refractivity contribution in [3.8, 4) is 0 Å². The molecular formula is C15H26N2O4. The molecule has 0 spiro atoms. The molecule has 3 N–H and O–H groups in total. The first-order valence-electron chi connectivity index (χ1n) is 7.70. The molecule has 120 valence electrons. The number of carbonyl (C=O) groups is 2. The van der Waals surface area contributed by atoms with Gasteiger partial charge >= 0.3 is 12.0 Å². The molecule has 21 heavy (non-hydrogen) atoms. The number of rotatable bonds is 6. The Morgan fingerprint density at radius 1 is 1.33 bits per heavy atom. The van der Waals surface area contributed by atoms with Crippen LogP contribution in [0.4, 0.5) is 4.79 Å². The molecule has 6 heteroatoms. The maximum absolute atomic E-state index is 12.0. The van der Waals surface area contributed by atoms with Crippen LogP contribution in [0.2, 0.25) is 0 Å². The van der Waals surface area contributed by atoms with Crippen LogP contribution in [-0.4, -0.2) is 52.9 Å². The molecule has 2 bridgehead atoms. The van der Waals surface area contributed by atoms with E-state index >= 15 is 0 Å². The highest BCUT2D eigenvalue weighted by Gasteiger charge is 2.40. The zero-order valence-electron chi connectivity index (χ0n) is 12.8. The third-order valence-electron chi connectivity index (χ3n) is 4.89. The van der Waals surface area contributed by atoms with E-state index in [1.54, 1.807) is 11.9 Å². The summed E-state index contributed by atoms with van der Waals surface area (Å²) in [6, 6.07) is -0.247. The fraction of sp³-hybridized carbons (Fsp3) is 0.867. The summed E-state index contributed by atoms with van der Waals surface area (Å²) in [4.78, 5) is 24.3. The topological polar surface area (TPSA) is 89.9 Å². The number of amides is 2. The fourth-order valence-electron chi connectivity index (χ4n) is 3.82. The predicted molar refractivity (Wildman–Crippen MR) is 77.8 cm³/mol. The Kier molecular flexibility index (Phi) is 4.76. The lowest BCUT2D eigenvalue weighted by molar-refractivity contribution is -0.141. The van der Waals surface area contributed by atoms with Crippen LogP contribution in [0, 0.1) is 17.8 Å². The summed E-state index contributed by atoms with van der Waals surface area (Å²) in [7, 11) is 1.76. The highest BCUT2D eigenvalue weighted by Crippen LogP contribution is 2.48. The summed E-state index contributed by atoms with van der Waals surface area (Å²) in [5, 5.41) is 21.2. The molecule has 0 aromatic carbocycles. The van der Waals surface area contributed by atoms with Gasteiger partial charge < -0.3 is 20.4 Å². The van der Waals surface area contributed by atoms with Crippen molar-refractivity contribution in [1.29, 1.82) is 0 Å². The number of hydrogen-bond acceptors (Lipinski definition) is 3. The number of carboxylic acids is 1. The lowest BCUT2D eigenvalue weighted by atomic mass is 9.88. The maximum atomic E-state index is 12.0. The number of nitrogens with one attached hydrogen (secondary N) is 1. The van der Waals surface area contributed by atoms with Crippen molar-refractivity contribution in [2.24, 2.45) is 17.8 Å². The van der Waals surface area contributed by atoms with Gasteiger partial charge in [-0.25, -0.2) is 4.79 Å². The molecule has 2 rings (SSSR count). The monoisotopic (exact) mass is 298 g/mol. The number of urea groups is 1. The van der Waals surface area contributed by atoms with Crippen molar-refractivity contribution in [3.05, 3.63) is 0 Å². The molecule has 6 nitrogen and oxygen atoms in total. The van der Waals surface area contributed by atoms with Gasteiger partial charge in [0, 0.05) is 20.1 Å². The minimum atomic E-state index is -1.42. The van der Waals surface area contributed by atoms with Crippen LogP contribution in [-0.2, 0) is 4.79 Å². The Balaban J connectivity index is 1.74. The van der Waals surface area contributed by atoms with E-state index in [1.807, 2.05) is 0 Å². The summed E-state index contributed by atoms with van der Waals surface area (Å²) < 4.78 is 0. The SMILES string of the molecule is CN(CC1CC2CCC1C2)C(=O)NCC(C)(O)CC(=O)O. The average molecular weight is 298 g/mol. The minimum Gasteiger partial charge on any atom is -0.481 e. The third-order valence-corrected chi connectivity index (χ3v) is 4.89. The molecular weight excluding hydrogens is 272 g/mol. The van der Waals surface area contributed by atoms with Crippen LogP contribution >= 0.6 is 0 Å². The van der Waals surface area contributed by atoms with Crippen molar-refractivity contribution in [3.63, 3.8) is 0 Å². The summed E-state index contributed by atoms with van der Waals surface area (Å²) >= 11 is 0. The van der Waals surface area contributed by atoms with E-state index in [-0.39, 0.29) is 19.0 Å². The lowest BCUT2D eigenvalue weighted by Gasteiger charge is -2.28. The standard InChI is InChI=1S/C15H26N2O4/c1-15(21,7-13(18)19)9-16-14(20)17(2)8-12-6-10-3-4-11(12)5-10/h10-12,21H,3-9H2,1-2H3,(H,16,20)(H,18,19). The molecule has 0 aliphatic heterocycles. The quantitative estimate of drug-likeness (QED) is 0.689. The zero-order valence-corrected chi connectivity index (χ0v) is 12.8. The van der Waals surface area contributed by atoms with Gasteiger partial charge in [-0.2, -0.15) is 0 Å². The molecule has 2 aliphatic rings. The average Bonchev–Trinajstić information content (AvgIpc) is 2.96. The van der Waals surface area contributed by atoms with Crippen molar-refractivity contribution in [2.75, 3.05) is 20.1 Å². The van der Waals surface area contributed by atoms with E-state index in [0.29, 0.717) is 5.92 Å². The maximum Gasteiger partial charge on any atom is 0.317 e. The number of carboxylic acid groups (broad SMARTS) is 1. The Bertz CT molecular complexity index is 410. The van der Waals surface area contributed by atoms with Crippen LogP contribution in [0.3, 0.4) is 0 Å². The molecule has 4 unspecified atom stereocenters. The molecule has 0 aromatic rings. The van der Waals surface area contributed by atoms with Gasteiger partial charge in [-0.15, -0.1) is 0 Å². The second-order valence-corrected chi connectivity index (χ2v) is 7.04. The fourth-order valence-corrected chi connectivity index (χ4v) is 3.82. The Labute approximate surface area is 125 Å². The summed E-state index contributed by atoms with van der Waals surface area (Å²) in [5.41, 5.74) is -1.42. The van der Waals surface area contributed by atoms with E-state index in [9.17, 15) is 14.7 Å². The second-order valence-electron chi connectivity index (χ2n) is 7.04. The van der Waals surface area contributed by atoms with Gasteiger partial charge in [-0.1, -0.05) is 6.42 Å². The number of aliphatic hydroxyl groups is 1. The van der Waals surface area contributed by atoms with E-state index in [0.717, 1.165) is 18.4 Å². The number of nitrogens with zero attached hydrogens (tertiary/aromatic N) is 1. The van der Waals surface area contributed by atoms with Gasteiger partial charge in [0.2, 0.25) is 0 Å². The van der Waals surface area contributed by atoms with E-state index in [2.05, 4.69) is 5.32 Å². The summed E-state index contributed by atoms with van der Waals surface area (Å²) in [6.45, 7) is 2.10. The number of hydrogen-bond donors (Lipinski definition) is 3. The van der Waals surface area contributed by atoms with Crippen molar-refractivity contribution in [1.82, 2.24) is 10.2 Å². The first-order chi connectivity index (χ1) is 9.77. The van der Waals surface area contributed by atoms with Gasteiger partial charge in [0.25, 0.3) is 0 Å². The zero-order chi connectivity index (χ0) is 15.6. The van der Waals surface area contributed by atoms with Crippen LogP contribution in [0.15, 0.2) is 0 Å². The smallest absolute Gasteiger partial charge is 0.317 e. The molecule has 2 fully saturated rings. The van der Waals surface area contributed by atoms with Gasteiger partial charge in [0.05, 0.1) is 12.0 Å². The number of aliphatic carboxylic acids is 1. The lowest BCUT2D eigenvalue weighted by Crippen LogP contribution is -2.47. The predicted octanol–water partition coefficient (Wildman–Crippen LogP) is 1.29. The van der Waals surface area contributed by atoms with Crippen LogP contribution < -0.4 is 5.32 Å². The van der Waals surface area contributed by atoms with Gasteiger partial charge in [-0.3, -0.25) is 4.79 Å². The van der Waals surface area contributed by atoms with Gasteiger partial charge in [-0.05, 0) is 43.9 Å². The Morgan fingerprint density at radius 2 is 2.05 bits per heavy atom. The highest BCUT2D eigenvalue weighted by atomic mass is 16.4. The summed E-state index contributed by atoms with van der Waals surface area (Å²) in [5.74, 6) is 1.14. The molecule has 2 saturated carbocycles. The molecule has 2 amide bonds. The molecule has 4 atom stereocenters. The third kappa shape index (κ3) is 4.33. The second kappa shape index (κ2) is 6.22. The Morgan fingerprint density at radius 3 is 2.57 bits per heavy atom. The van der Waals surface area contributed by atoms with Crippen molar-refractivity contribution in [2.45, 2.75) is 44.6 Å². The minimum absolute atomic E-state index is 0.0564. The van der Waals surface area contributed by atoms with E-state index in [1.165, 1.54) is 32.6 Å². The molecule has 0 saturated heterocycles.